The van der Waals surface area contributed by atoms with Gasteiger partial charge in [-0.15, -0.1) is 0 Å². The second kappa shape index (κ2) is 21.7. The average molecular weight is 581 g/mol. The molecule has 0 amide bonds. The van der Waals surface area contributed by atoms with Crippen LogP contribution in [0.5, 0.6) is 5.75 Å². The number of unbranched alkanes of at least 4 members (excludes halogenated alkanes) is 5. The lowest BCUT2D eigenvalue weighted by Gasteiger charge is -2.09. The van der Waals surface area contributed by atoms with Crippen LogP contribution in [0.2, 0.25) is 0 Å². The van der Waals surface area contributed by atoms with Crippen molar-refractivity contribution in [3.05, 3.63) is 59.7 Å². The minimum Gasteiger partial charge on any atom is -0.491 e. The van der Waals surface area contributed by atoms with Crippen LogP contribution in [0, 0.1) is 6.92 Å². The SMILES string of the molecule is CCCCCCCCc1ccc(OCCOCCOCCOCCOCCOS(=O)(=O)c2ccc(C)cc2)cc1. The summed E-state index contributed by atoms with van der Waals surface area (Å²) in [6.07, 6.45) is 9.04. The largest absolute Gasteiger partial charge is 0.491 e. The molecule has 2 rings (SSSR count). The molecule has 2 aromatic rings. The maximum atomic E-state index is 12.1. The minimum atomic E-state index is -3.76. The number of aryl methyl sites for hydroxylation is 2. The van der Waals surface area contributed by atoms with Crippen LogP contribution in [0.1, 0.15) is 56.6 Å². The van der Waals surface area contributed by atoms with Gasteiger partial charge in [0.05, 0.1) is 64.4 Å². The van der Waals surface area contributed by atoms with E-state index in [1.54, 1.807) is 12.1 Å². The first-order valence-corrected chi connectivity index (χ1v) is 15.9. The molecule has 0 N–H and O–H groups in total. The van der Waals surface area contributed by atoms with Gasteiger partial charge in [0.1, 0.15) is 12.4 Å². The summed E-state index contributed by atoms with van der Waals surface area (Å²) >= 11 is 0. The maximum absolute atomic E-state index is 12.1. The third-order valence-corrected chi connectivity index (χ3v) is 7.46. The molecule has 226 valence electrons. The third-order valence-electron chi connectivity index (χ3n) is 6.13. The highest BCUT2D eigenvalue weighted by Gasteiger charge is 2.14. The quantitative estimate of drug-likeness (QED) is 0.108. The second-order valence-electron chi connectivity index (χ2n) is 9.55. The van der Waals surface area contributed by atoms with E-state index in [0.29, 0.717) is 52.9 Å². The summed E-state index contributed by atoms with van der Waals surface area (Å²) in [4.78, 5) is 0.139. The van der Waals surface area contributed by atoms with Crippen LogP contribution >= 0.6 is 0 Å². The van der Waals surface area contributed by atoms with Crippen LogP contribution in [0.4, 0.5) is 0 Å². The van der Waals surface area contributed by atoms with Crippen molar-refractivity contribution >= 4 is 10.1 Å². The fourth-order valence-corrected chi connectivity index (χ4v) is 4.71. The molecule has 0 aliphatic rings. The minimum absolute atomic E-state index is 0.0457. The fraction of sp³-hybridized carbons (Fsp3) is 0.613. The highest BCUT2D eigenvalue weighted by molar-refractivity contribution is 7.86. The lowest BCUT2D eigenvalue weighted by Crippen LogP contribution is -2.15. The second-order valence-corrected chi connectivity index (χ2v) is 11.2. The Labute approximate surface area is 241 Å². The highest BCUT2D eigenvalue weighted by Crippen LogP contribution is 2.15. The number of hydrogen-bond acceptors (Lipinski definition) is 8. The Morgan fingerprint density at radius 2 is 1.07 bits per heavy atom. The molecule has 0 aliphatic carbocycles. The summed E-state index contributed by atoms with van der Waals surface area (Å²) in [6.45, 7) is 7.89. The highest BCUT2D eigenvalue weighted by atomic mass is 32.2. The van der Waals surface area contributed by atoms with Crippen molar-refractivity contribution in [1.82, 2.24) is 0 Å². The standard InChI is InChI=1S/C31H48O8S/c1-3-4-5-6-7-8-9-29-12-14-30(15-13-29)38-26-24-36-22-20-34-18-19-35-21-23-37-25-27-39-40(32,33)31-16-10-28(2)11-17-31/h10-17H,3-9,18-27H2,1-2H3. The molecular formula is C31H48O8S. The van der Waals surface area contributed by atoms with Crippen LogP contribution < -0.4 is 4.74 Å². The summed E-state index contributed by atoms with van der Waals surface area (Å²) in [6, 6.07) is 14.9. The monoisotopic (exact) mass is 580 g/mol. The fourth-order valence-electron chi connectivity index (χ4n) is 3.82. The zero-order valence-corrected chi connectivity index (χ0v) is 25.1. The van der Waals surface area contributed by atoms with Gasteiger partial charge >= 0.3 is 0 Å². The molecule has 40 heavy (non-hydrogen) atoms. The lowest BCUT2D eigenvalue weighted by atomic mass is 10.0. The van der Waals surface area contributed by atoms with Gasteiger partial charge in [-0.05, 0) is 49.6 Å². The van der Waals surface area contributed by atoms with Gasteiger partial charge in [0.2, 0.25) is 0 Å². The van der Waals surface area contributed by atoms with E-state index in [2.05, 4.69) is 19.1 Å². The van der Waals surface area contributed by atoms with E-state index >= 15 is 0 Å². The molecule has 0 heterocycles. The Morgan fingerprint density at radius 3 is 1.65 bits per heavy atom. The molecule has 8 nitrogen and oxygen atoms in total. The Hall–Kier alpha value is -2.01. The van der Waals surface area contributed by atoms with Crippen molar-refractivity contribution in [1.29, 1.82) is 0 Å². The topological polar surface area (TPSA) is 89.5 Å². The molecule has 0 radical (unpaired) electrons. The van der Waals surface area contributed by atoms with E-state index in [-0.39, 0.29) is 18.1 Å². The smallest absolute Gasteiger partial charge is 0.297 e. The molecule has 0 saturated heterocycles. The first kappa shape index (κ1) is 34.2. The predicted octanol–water partition coefficient (Wildman–Crippen LogP) is 5.75. The first-order valence-electron chi connectivity index (χ1n) is 14.5. The van der Waals surface area contributed by atoms with Crippen molar-refractivity contribution in [2.45, 2.75) is 63.7 Å². The molecule has 9 heteroatoms. The van der Waals surface area contributed by atoms with E-state index in [1.165, 1.54) is 56.2 Å². The van der Waals surface area contributed by atoms with Crippen LogP contribution in [0.15, 0.2) is 53.4 Å². The van der Waals surface area contributed by atoms with Gasteiger partial charge in [0.15, 0.2) is 0 Å². The molecular weight excluding hydrogens is 532 g/mol. The van der Waals surface area contributed by atoms with E-state index < -0.39 is 10.1 Å². The van der Waals surface area contributed by atoms with Crippen LogP contribution in [-0.2, 0) is 39.7 Å². The zero-order chi connectivity index (χ0) is 28.7. The molecule has 0 fully saturated rings. The van der Waals surface area contributed by atoms with Crippen LogP contribution in [0.3, 0.4) is 0 Å². The van der Waals surface area contributed by atoms with Crippen LogP contribution in [-0.4, -0.2) is 74.5 Å². The van der Waals surface area contributed by atoms with Gasteiger partial charge in [0.25, 0.3) is 10.1 Å². The molecule has 0 saturated carbocycles. The van der Waals surface area contributed by atoms with E-state index in [4.69, 9.17) is 27.9 Å². The summed E-state index contributed by atoms with van der Waals surface area (Å²) in [7, 11) is -3.76. The molecule has 0 atom stereocenters. The summed E-state index contributed by atoms with van der Waals surface area (Å²) in [5.41, 5.74) is 2.35. The normalized spacial score (nSPS) is 11.7. The number of hydrogen-bond donors (Lipinski definition) is 0. The van der Waals surface area contributed by atoms with Gasteiger partial charge in [0, 0.05) is 0 Å². The van der Waals surface area contributed by atoms with Gasteiger partial charge < -0.3 is 23.7 Å². The van der Waals surface area contributed by atoms with Crippen molar-refractivity contribution < 1.29 is 36.3 Å². The molecule has 0 aromatic heterocycles. The van der Waals surface area contributed by atoms with Gasteiger partial charge in [-0.3, -0.25) is 4.18 Å². The zero-order valence-electron chi connectivity index (χ0n) is 24.3. The van der Waals surface area contributed by atoms with Crippen LogP contribution in [0.25, 0.3) is 0 Å². The average Bonchev–Trinajstić information content (AvgIpc) is 2.95. The maximum Gasteiger partial charge on any atom is 0.297 e. The molecule has 0 spiro atoms. The Balaban J connectivity index is 1.33. The first-order chi connectivity index (χ1) is 19.5. The lowest BCUT2D eigenvalue weighted by molar-refractivity contribution is -0.00682. The Kier molecular flexibility index (Phi) is 18.5. The summed E-state index contributed by atoms with van der Waals surface area (Å²) in [5.74, 6) is 0.868. The number of rotatable bonds is 25. The molecule has 0 aliphatic heterocycles. The molecule has 0 bridgehead atoms. The van der Waals surface area contributed by atoms with E-state index in [1.807, 2.05) is 19.1 Å². The Bertz CT molecular complexity index is 977. The van der Waals surface area contributed by atoms with Gasteiger partial charge in [-0.1, -0.05) is 68.9 Å². The molecule has 0 unspecified atom stereocenters. The number of benzene rings is 2. The van der Waals surface area contributed by atoms with Gasteiger partial charge in [-0.25, -0.2) is 0 Å². The van der Waals surface area contributed by atoms with Crippen molar-refractivity contribution in [2.75, 3.05) is 66.1 Å². The number of ether oxygens (including phenoxy) is 5. The summed E-state index contributed by atoms with van der Waals surface area (Å²) in [5, 5.41) is 0. The predicted molar refractivity (Wildman–Crippen MR) is 157 cm³/mol. The van der Waals surface area contributed by atoms with Gasteiger partial charge in [-0.2, -0.15) is 8.42 Å². The summed E-state index contributed by atoms with van der Waals surface area (Å²) < 4.78 is 56.7. The van der Waals surface area contributed by atoms with E-state index in [9.17, 15) is 8.42 Å². The van der Waals surface area contributed by atoms with Crippen molar-refractivity contribution in [3.63, 3.8) is 0 Å². The van der Waals surface area contributed by atoms with Crippen molar-refractivity contribution in [3.8, 4) is 5.75 Å². The Morgan fingerprint density at radius 1 is 0.575 bits per heavy atom. The third kappa shape index (κ3) is 16.3. The molecule has 2 aromatic carbocycles. The van der Waals surface area contributed by atoms with Crippen molar-refractivity contribution in [2.24, 2.45) is 0 Å². The van der Waals surface area contributed by atoms with E-state index in [0.717, 1.165) is 17.7 Å².